The molecule has 0 spiro atoms. The van der Waals surface area contributed by atoms with E-state index in [1.165, 1.54) is 0 Å². The van der Waals surface area contributed by atoms with Crippen LogP contribution in [0.15, 0.2) is 0 Å². The van der Waals surface area contributed by atoms with Crippen LogP contribution in [0, 0.1) is 0 Å². The van der Waals surface area contributed by atoms with Crippen molar-refractivity contribution in [1.82, 2.24) is 0 Å². The molecular formula is C10H30SeSi4. The Hall–Kier alpha value is 1.39. The molecule has 0 bridgehead atoms. The third-order valence-electron chi connectivity index (χ3n) is 4.12. The van der Waals surface area contributed by atoms with Gasteiger partial charge in [-0.05, 0) is 0 Å². The van der Waals surface area contributed by atoms with Crippen LogP contribution in [-0.2, 0) is 0 Å². The number of hydrogen-bond acceptors (Lipinski definition) is 0. The minimum atomic E-state index is -0.852. The Morgan fingerprint density at radius 2 is 0.667 bits per heavy atom. The fourth-order valence-corrected chi connectivity index (χ4v) is 101. The third kappa shape index (κ3) is 4.28. The average Bonchev–Trinajstić information content (AvgIpc) is 1.77. The van der Waals surface area contributed by atoms with E-state index < -0.39 is 27.6 Å². The molecule has 15 heavy (non-hydrogen) atoms. The van der Waals surface area contributed by atoms with Gasteiger partial charge in [0.05, 0.1) is 0 Å². The van der Waals surface area contributed by atoms with Gasteiger partial charge in [-0.25, -0.2) is 0 Å². The Balaban J connectivity index is 4.89. The minimum absolute atomic E-state index is 0.850. The molecule has 0 saturated carbocycles. The summed E-state index contributed by atoms with van der Waals surface area (Å²) >= 11 is 1.04. The Kier molecular flexibility index (Phi) is 5.00. The van der Waals surface area contributed by atoms with Crippen LogP contribution in [0.3, 0.4) is 0 Å². The first kappa shape index (κ1) is 16.4. The Morgan fingerprint density at radius 1 is 0.467 bits per heavy atom. The van der Waals surface area contributed by atoms with Crippen molar-refractivity contribution >= 4 is 41.3 Å². The van der Waals surface area contributed by atoms with Crippen LogP contribution in [0.1, 0.15) is 0 Å². The number of hydrogen-bond donors (Lipinski definition) is 0. The summed E-state index contributed by atoms with van der Waals surface area (Å²) in [5, 5.41) is 0. The van der Waals surface area contributed by atoms with Crippen molar-refractivity contribution in [2.75, 3.05) is 0 Å². The van der Waals surface area contributed by atoms with Gasteiger partial charge in [0.1, 0.15) is 0 Å². The first-order valence-electron chi connectivity index (χ1n) is 5.91. The van der Waals surface area contributed by atoms with Gasteiger partial charge < -0.3 is 0 Å². The first-order valence-corrected chi connectivity index (χ1v) is 25.9. The summed E-state index contributed by atoms with van der Waals surface area (Å²) in [7, 11) is -1.70. The molecule has 0 aromatic carbocycles. The van der Waals surface area contributed by atoms with E-state index in [4.69, 9.17) is 0 Å². The van der Waals surface area contributed by atoms with E-state index in [0.717, 1.165) is 13.7 Å². The van der Waals surface area contributed by atoms with E-state index in [2.05, 4.69) is 65.5 Å². The van der Waals surface area contributed by atoms with Crippen molar-refractivity contribution in [3.05, 3.63) is 0 Å². The topological polar surface area (TPSA) is 0 Å². The summed E-state index contributed by atoms with van der Waals surface area (Å²) in [5.74, 6) is 0. The number of rotatable bonds is 4. The predicted octanol–water partition coefficient (Wildman–Crippen LogP) is 3.93. The molecule has 0 saturated heterocycles. The van der Waals surface area contributed by atoms with Crippen LogP contribution < -0.4 is 0 Å². The molecule has 0 radical (unpaired) electrons. The van der Waals surface area contributed by atoms with Gasteiger partial charge in [0, 0.05) is 0 Å². The quantitative estimate of drug-likeness (QED) is 0.680. The van der Waals surface area contributed by atoms with Crippen molar-refractivity contribution in [3.8, 4) is 0 Å². The van der Waals surface area contributed by atoms with Crippen molar-refractivity contribution in [2.45, 2.75) is 65.5 Å². The van der Waals surface area contributed by atoms with Crippen LogP contribution >= 0.6 is 0 Å². The average molecular weight is 342 g/mol. The van der Waals surface area contributed by atoms with Crippen LogP contribution in [0.5, 0.6) is 0 Å². The molecule has 0 atom stereocenters. The fraction of sp³-hybridized carbons (Fsp3) is 1.00. The van der Waals surface area contributed by atoms with E-state index >= 15 is 0 Å². The Bertz CT molecular complexity index is 199. The molecule has 92 valence electrons. The maximum absolute atomic E-state index is 2.69. The standard InChI is InChI=1S/C10H30SeSi4/c1-12(2,3)14(7,8)11-15(9,10)13(4,5)6/h1-10H3. The zero-order valence-corrected chi connectivity index (χ0v) is 18.1. The summed E-state index contributed by atoms with van der Waals surface area (Å²) < 4.78 is 0. The first-order chi connectivity index (χ1) is 6.21. The molecule has 0 nitrogen and oxygen atoms in total. The third-order valence-corrected chi connectivity index (χ3v) is 89.0. The van der Waals surface area contributed by atoms with E-state index in [1.807, 2.05) is 0 Å². The molecule has 0 unspecified atom stereocenters. The van der Waals surface area contributed by atoms with Crippen LogP contribution in [-0.4, -0.2) is 41.3 Å². The van der Waals surface area contributed by atoms with E-state index in [0.29, 0.717) is 0 Å². The molecule has 0 heterocycles. The van der Waals surface area contributed by atoms with Crippen LogP contribution in [0.25, 0.3) is 0 Å². The van der Waals surface area contributed by atoms with Gasteiger partial charge in [-0.2, -0.15) is 0 Å². The summed E-state index contributed by atoms with van der Waals surface area (Å²) in [6, 6.07) is 0. The molecule has 0 amide bonds. The van der Waals surface area contributed by atoms with Gasteiger partial charge in [0.2, 0.25) is 0 Å². The molecule has 0 aliphatic rings. The van der Waals surface area contributed by atoms with Crippen molar-refractivity contribution < 1.29 is 0 Å². The fourth-order valence-electron chi connectivity index (χ4n) is 0.944. The molecule has 0 aromatic heterocycles. The van der Waals surface area contributed by atoms with Crippen LogP contribution in [0.2, 0.25) is 65.5 Å². The van der Waals surface area contributed by atoms with E-state index in [9.17, 15) is 0 Å². The molecule has 0 N–H and O–H groups in total. The monoisotopic (exact) mass is 342 g/mol. The zero-order valence-electron chi connectivity index (χ0n) is 12.4. The second-order valence-corrected chi connectivity index (χ2v) is 61.5. The Labute approximate surface area is 106 Å². The molecule has 0 aliphatic heterocycles. The normalized spacial score (nSPS) is 15.6. The summed E-state index contributed by atoms with van der Waals surface area (Å²) in [4.78, 5) is 0. The Morgan fingerprint density at radius 3 is 0.800 bits per heavy atom. The van der Waals surface area contributed by atoms with Gasteiger partial charge in [-0.1, -0.05) is 0 Å². The van der Waals surface area contributed by atoms with E-state index in [1.54, 1.807) is 0 Å². The maximum atomic E-state index is 2.69. The molecule has 0 aromatic rings. The van der Waals surface area contributed by atoms with E-state index in [-0.39, 0.29) is 0 Å². The van der Waals surface area contributed by atoms with Gasteiger partial charge >= 0.3 is 107 Å². The zero-order chi connectivity index (χ0) is 12.7. The van der Waals surface area contributed by atoms with Gasteiger partial charge in [0.15, 0.2) is 0 Å². The molecule has 5 heteroatoms. The SMILES string of the molecule is C[Si](C)(C)[Si](C)(C)[Se][Si](C)(C)[Si](C)(C)C. The molecule has 0 aliphatic carbocycles. The van der Waals surface area contributed by atoms with Crippen molar-refractivity contribution in [1.29, 1.82) is 0 Å². The second kappa shape index (κ2) is 4.57. The summed E-state index contributed by atoms with van der Waals surface area (Å²) in [6.07, 6.45) is -1.70. The molecule has 0 fully saturated rings. The predicted molar refractivity (Wildman–Crippen MR) is 87.4 cm³/mol. The second-order valence-electron chi connectivity index (χ2n) is 7.62. The molecular weight excluding hydrogens is 311 g/mol. The summed E-state index contributed by atoms with van der Waals surface area (Å²) in [6.45, 7) is 26.4. The summed E-state index contributed by atoms with van der Waals surface area (Å²) in [5.41, 5.74) is 0. The van der Waals surface area contributed by atoms with Crippen molar-refractivity contribution in [3.63, 3.8) is 0 Å². The van der Waals surface area contributed by atoms with Crippen molar-refractivity contribution in [2.24, 2.45) is 0 Å². The van der Waals surface area contributed by atoms with Gasteiger partial charge in [-0.15, -0.1) is 0 Å². The van der Waals surface area contributed by atoms with Gasteiger partial charge in [-0.3, -0.25) is 0 Å². The van der Waals surface area contributed by atoms with Gasteiger partial charge in [0.25, 0.3) is 0 Å². The molecule has 0 rings (SSSR count). The van der Waals surface area contributed by atoms with Crippen LogP contribution in [0.4, 0.5) is 0 Å².